The number of ether oxygens (including phenoxy) is 1. The minimum atomic E-state index is -3.67. The quantitative estimate of drug-likeness (QED) is 0.767. The van der Waals surface area contributed by atoms with Gasteiger partial charge < -0.3 is 4.74 Å². The minimum absolute atomic E-state index is 0.398. The number of hydrogen-bond donors (Lipinski definition) is 0. The first-order valence-electron chi connectivity index (χ1n) is 7.09. The summed E-state index contributed by atoms with van der Waals surface area (Å²) in [6, 6.07) is 10.2. The molecule has 1 heterocycles. The maximum Gasteiger partial charge on any atom is 0.379 e. The topological polar surface area (TPSA) is 22.1 Å². The van der Waals surface area contributed by atoms with Gasteiger partial charge >= 0.3 is 6.68 Å². The van der Waals surface area contributed by atoms with Crippen molar-refractivity contribution < 1.29 is 17.9 Å². The van der Waals surface area contributed by atoms with E-state index in [4.69, 9.17) is 4.74 Å². The lowest BCUT2D eigenvalue weighted by atomic mass is 9.98. The molecule has 0 atom stereocenters. The zero-order chi connectivity index (χ0) is 15.1. The number of alkyl halides is 3. The van der Waals surface area contributed by atoms with Gasteiger partial charge in [-0.1, -0.05) is 12.5 Å². The number of aromatic nitrogens is 1. The van der Waals surface area contributed by atoms with Crippen LogP contribution in [0.5, 0.6) is 5.75 Å². The summed E-state index contributed by atoms with van der Waals surface area (Å²) in [7, 11) is 0. The van der Waals surface area contributed by atoms with E-state index < -0.39 is 6.68 Å². The van der Waals surface area contributed by atoms with Crippen molar-refractivity contribution in [3.05, 3.63) is 36.5 Å². The molecule has 1 saturated carbocycles. The lowest BCUT2D eigenvalue weighted by Crippen LogP contribution is -2.19. The highest BCUT2D eigenvalue weighted by Crippen LogP contribution is 2.28. The van der Waals surface area contributed by atoms with Crippen LogP contribution in [0.15, 0.2) is 36.5 Å². The van der Waals surface area contributed by atoms with Gasteiger partial charge in [0, 0.05) is 11.6 Å². The second-order valence-electron chi connectivity index (χ2n) is 4.95. The van der Waals surface area contributed by atoms with E-state index in [-0.39, 0.29) is 0 Å². The summed E-state index contributed by atoms with van der Waals surface area (Å²) in [5.41, 5.74) is 1.01. The molecule has 0 spiro atoms. The predicted molar refractivity (Wildman–Crippen MR) is 76.4 cm³/mol. The maximum atomic E-state index is 9.67. The Kier molecular flexibility index (Phi) is 5.84. The summed E-state index contributed by atoms with van der Waals surface area (Å²) in [6.07, 6.45) is 8.56. The number of halogens is 3. The summed E-state index contributed by atoms with van der Waals surface area (Å²) >= 11 is 0. The van der Waals surface area contributed by atoms with Gasteiger partial charge in [0.25, 0.3) is 0 Å². The molecule has 0 unspecified atom stereocenters. The highest BCUT2D eigenvalue weighted by molar-refractivity contribution is 5.84. The van der Waals surface area contributed by atoms with E-state index in [1.54, 1.807) is 0 Å². The van der Waals surface area contributed by atoms with Gasteiger partial charge in [0.1, 0.15) is 5.75 Å². The molecule has 21 heavy (non-hydrogen) atoms. The summed E-state index contributed by atoms with van der Waals surface area (Å²) in [5.74, 6) is 0.988. The fraction of sp³-hybridized carbons (Fsp3) is 0.438. The molecule has 0 N–H and O–H groups in total. The fourth-order valence-electron chi connectivity index (χ4n) is 2.54. The van der Waals surface area contributed by atoms with Crippen LogP contribution in [0.1, 0.15) is 32.1 Å². The Morgan fingerprint density at radius 2 is 1.71 bits per heavy atom. The van der Waals surface area contributed by atoms with Gasteiger partial charge in [0.2, 0.25) is 0 Å². The molecule has 1 aromatic carbocycles. The zero-order valence-corrected chi connectivity index (χ0v) is 11.6. The van der Waals surface area contributed by atoms with Gasteiger partial charge in [-0.15, -0.1) is 0 Å². The number of nitrogens with zero attached hydrogens (tertiary/aromatic N) is 1. The zero-order valence-electron chi connectivity index (χ0n) is 11.6. The maximum absolute atomic E-state index is 9.67. The fourth-order valence-corrected chi connectivity index (χ4v) is 2.54. The van der Waals surface area contributed by atoms with Crippen LogP contribution in [0.2, 0.25) is 0 Å². The van der Waals surface area contributed by atoms with Gasteiger partial charge in [-0.25, -0.2) is 0 Å². The highest BCUT2D eigenvalue weighted by Gasteiger charge is 2.15. The Bertz CT molecular complexity index is 548. The van der Waals surface area contributed by atoms with E-state index in [9.17, 15) is 13.2 Å². The molecule has 0 saturated heterocycles. The lowest BCUT2D eigenvalue weighted by Gasteiger charge is -2.23. The predicted octanol–water partition coefficient (Wildman–Crippen LogP) is 5.12. The van der Waals surface area contributed by atoms with Crippen molar-refractivity contribution in [3.63, 3.8) is 0 Å². The van der Waals surface area contributed by atoms with Crippen LogP contribution in [0.3, 0.4) is 0 Å². The van der Waals surface area contributed by atoms with Gasteiger partial charge in [-0.05, 0) is 49.9 Å². The third kappa shape index (κ3) is 4.92. The third-order valence-electron chi connectivity index (χ3n) is 3.45. The molecule has 0 bridgehead atoms. The van der Waals surface area contributed by atoms with E-state index in [0.717, 1.165) is 16.7 Å². The van der Waals surface area contributed by atoms with Crippen molar-refractivity contribution >= 4 is 10.9 Å². The number of benzene rings is 1. The van der Waals surface area contributed by atoms with Crippen LogP contribution >= 0.6 is 0 Å². The molecule has 0 aliphatic heterocycles. The Hall–Kier alpha value is -1.78. The van der Waals surface area contributed by atoms with E-state index >= 15 is 0 Å². The SMILES string of the molecule is FC(F)F.c1cc(OC2CCCCC2)c2cccnc2c1. The van der Waals surface area contributed by atoms with Crippen molar-refractivity contribution in [2.24, 2.45) is 0 Å². The second-order valence-corrected chi connectivity index (χ2v) is 4.95. The molecular weight excluding hydrogens is 279 g/mol. The summed E-state index contributed by atoms with van der Waals surface area (Å²) in [6.45, 7) is -3.67. The van der Waals surface area contributed by atoms with Gasteiger partial charge in [-0.3, -0.25) is 4.98 Å². The first kappa shape index (κ1) is 15.6. The van der Waals surface area contributed by atoms with Crippen LogP contribution < -0.4 is 4.74 Å². The number of fused-ring (bicyclic) bond motifs is 1. The molecule has 0 amide bonds. The molecule has 0 radical (unpaired) electrons. The third-order valence-corrected chi connectivity index (χ3v) is 3.45. The average molecular weight is 297 g/mol. The van der Waals surface area contributed by atoms with Gasteiger partial charge in [0.15, 0.2) is 0 Å². The van der Waals surface area contributed by atoms with Crippen molar-refractivity contribution in [3.8, 4) is 5.75 Å². The highest BCUT2D eigenvalue weighted by atomic mass is 19.4. The Morgan fingerprint density at radius 3 is 2.43 bits per heavy atom. The molecule has 1 fully saturated rings. The Labute approximate surface area is 121 Å². The second kappa shape index (κ2) is 7.86. The van der Waals surface area contributed by atoms with E-state index in [1.165, 1.54) is 32.1 Å². The largest absolute Gasteiger partial charge is 0.490 e. The summed E-state index contributed by atoms with van der Waals surface area (Å²) < 4.78 is 35.1. The van der Waals surface area contributed by atoms with Crippen molar-refractivity contribution in [1.82, 2.24) is 4.98 Å². The lowest BCUT2D eigenvalue weighted by molar-refractivity contribution is 0.00819. The van der Waals surface area contributed by atoms with E-state index in [0.29, 0.717) is 6.10 Å². The standard InChI is InChI=1S/C15H17NO.CHF3/c1-2-6-12(7-3-1)17-15-10-4-9-14-13(15)8-5-11-16-14;2-1(3)4/h4-5,8-12H,1-3,6-7H2;1H. The van der Waals surface area contributed by atoms with Crippen LogP contribution in [0.25, 0.3) is 10.9 Å². The van der Waals surface area contributed by atoms with Crippen molar-refractivity contribution in [2.45, 2.75) is 44.9 Å². The van der Waals surface area contributed by atoms with Crippen LogP contribution in [0, 0.1) is 0 Å². The monoisotopic (exact) mass is 297 g/mol. The van der Waals surface area contributed by atoms with Gasteiger partial charge in [-0.2, -0.15) is 13.2 Å². The Balaban J connectivity index is 0.000000361. The molecule has 2 nitrogen and oxygen atoms in total. The minimum Gasteiger partial charge on any atom is -0.490 e. The van der Waals surface area contributed by atoms with Crippen LogP contribution in [-0.2, 0) is 0 Å². The number of pyridine rings is 1. The van der Waals surface area contributed by atoms with Crippen LogP contribution in [-0.4, -0.2) is 17.8 Å². The summed E-state index contributed by atoms with van der Waals surface area (Å²) in [4.78, 5) is 4.35. The molecule has 2 aromatic rings. The summed E-state index contributed by atoms with van der Waals surface area (Å²) in [5, 5.41) is 1.13. The molecule has 5 heteroatoms. The first-order valence-corrected chi connectivity index (χ1v) is 7.09. The van der Waals surface area contributed by atoms with Crippen LogP contribution in [0.4, 0.5) is 13.2 Å². The average Bonchev–Trinajstić information content (AvgIpc) is 2.48. The Morgan fingerprint density at radius 1 is 1.00 bits per heavy atom. The normalized spacial score (nSPS) is 15.6. The molecular formula is C16H18F3NO. The van der Waals surface area contributed by atoms with E-state index in [1.807, 2.05) is 24.4 Å². The van der Waals surface area contributed by atoms with Crippen molar-refractivity contribution in [1.29, 1.82) is 0 Å². The molecule has 3 rings (SSSR count). The number of hydrogen-bond acceptors (Lipinski definition) is 2. The smallest absolute Gasteiger partial charge is 0.379 e. The molecule has 1 aliphatic carbocycles. The van der Waals surface area contributed by atoms with Crippen molar-refractivity contribution in [2.75, 3.05) is 0 Å². The molecule has 114 valence electrons. The first-order chi connectivity index (χ1) is 10.2. The molecule has 1 aliphatic rings. The van der Waals surface area contributed by atoms with E-state index in [2.05, 4.69) is 17.1 Å². The van der Waals surface area contributed by atoms with Gasteiger partial charge in [0.05, 0.1) is 11.6 Å². The number of rotatable bonds is 2. The molecule has 1 aromatic heterocycles.